The lowest BCUT2D eigenvalue weighted by Crippen LogP contribution is -2.35. The predicted octanol–water partition coefficient (Wildman–Crippen LogP) is 3.84. The molecule has 5 heteroatoms. The lowest BCUT2D eigenvalue weighted by molar-refractivity contribution is 0.329. The van der Waals surface area contributed by atoms with E-state index in [1.807, 2.05) is 6.07 Å². The van der Waals surface area contributed by atoms with E-state index in [2.05, 4.69) is 66.0 Å². The van der Waals surface area contributed by atoms with Crippen molar-refractivity contribution >= 4 is 7.59 Å². The van der Waals surface area contributed by atoms with Crippen molar-refractivity contribution < 1.29 is 4.57 Å². The van der Waals surface area contributed by atoms with Crippen molar-refractivity contribution in [1.82, 2.24) is 14.0 Å². The highest BCUT2D eigenvalue weighted by Crippen LogP contribution is 2.65. The van der Waals surface area contributed by atoms with Gasteiger partial charge in [0.1, 0.15) is 0 Å². The molecule has 1 aromatic rings. The van der Waals surface area contributed by atoms with Gasteiger partial charge in [-0.05, 0) is 5.56 Å². The highest BCUT2D eigenvalue weighted by Gasteiger charge is 2.53. The van der Waals surface area contributed by atoms with Crippen LogP contribution in [0.15, 0.2) is 30.3 Å². The molecular formula is C16H28N3OP. The van der Waals surface area contributed by atoms with Crippen molar-refractivity contribution in [3.8, 4) is 0 Å². The number of rotatable bonds is 8. The first-order valence-corrected chi connectivity index (χ1v) is 9.62. The van der Waals surface area contributed by atoms with E-state index in [9.17, 15) is 4.57 Å². The summed E-state index contributed by atoms with van der Waals surface area (Å²) in [4.78, 5) is 0. The zero-order valence-electron chi connectivity index (χ0n) is 13.7. The van der Waals surface area contributed by atoms with E-state index < -0.39 is 7.59 Å². The highest BCUT2D eigenvalue weighted by atomic mass is 31.2. The third-order valence-electron chi connectivity index (χ3n) is 4.30. The summed E-state index contributed by atoms with van der Waals surface area (Å²) >= 11 is 0. The Labute approximate surface area is 129 Å². The van der Waals surface area contributed by atoms with Gasteiger partial charge < -0.3 is 0 Å². The molecule has 1 heterocycles. The summed E-state index contributed by atoms with van der Waals surface area (Å²) in [6.07, 6.45) is 0. The summed E-state index contributed by atoms with van der Waals surface area (Å²) in [5, 5.41) is 0. The first kappa shape index (κ1) is 16.7. The lowest BCUT2D eigenvalue weighted by Gasteiger charge is -2.38. The molecule has 0 N–H and O–H groups in total. The second kappa shape index (κ2) is 7.06. The summed E-state index contributed by atoms with van der Waals surface area (Å²) in [5.74, 6) is 0. The van der Waals surface area contributed by atoms with E-state index >= 15 is 0 Å². The first-order chi connectivity index (χ1) is 10.1. The van der Waals surface area contributed by atoms with Gasteiger partial charge in [0, 0.05) is 32.7 Å². The minimum Gasteiger partial charge on any atom is -0.270 e. The van der Waals surface area contributed by atoms with Crippen molar-refractivity contribution in [2.75, 3.05) is 32.7 Å². The molecule has 1 aliphatic heterocycles. The van der Waals surface area contributed by atoms with E-state index in [1.54, 1.807) is 0 Å². The van der Waals surface area contributed by atoms with Gasteiger partial charge in [0.2, 0.25) is 0 Å². The van der Waals surface area contributed by atoms with Gasteiger partial charge in [-0.2, -0.15) is 0 Å². The molecule has 1 aromatic carbocycles. The van der Waals surface area contributed by atoms with Crippen molar-refractivity contribution in [2.45, 2.75) is 33.7 Å². The Hall–Kier alpha value is -0.670. The maximum atomic E-state index is 13.9. The molecule has 0 amide bonds. The van der Waals surface area contributed by atoms with Crippen molar-refractivity contribution in [3.05, 3.63) is 35.9 Å². The summed E-state index contributed by atoms with van der Waals surface area (Å²) in [6.45, 7) is 12.6. The van der Waals surface area contributed by atoms with Gasteiger partial charge in [-0.3, -0.25) is 4.57 Å². The van der Waals surface area contributed by atoms with E-state index in [-0.39, 0.29) is 0 Å². The Morgan fingerprint density at radius 3 is 1.90 bits per heavy atom. The van der Waals surface area contributed by atoms with Crippen LogP contribution in [0, 0.1) is 0 Å². The fourth-order valence-electron chi connectivity index (χ4n) is 3.06. The van der Waals surface area contributed by atoms with Crippen LogP contribution in [0.25, 0.3) is 0 Å². The van der Waals surface area contributed by atoms with Crippen LogP contribution in [0.2, 0.25) is 0 Å². The minimum atomic E-state index is -2.62. The maximum Gasteiger partial charge on any atom is 0.287 e. The largest absolute Gasteiger partial charge is 0.287 e. The van der Waals surface area contributed by atoms with Gasteiger partial charge in [-0.25, -0.2) is 14.0 Å². The molecule has 0 bridgehead atoms. The second-order valence-corrected chi connectivity index (χ2v) is 8.01. The molecule has 1 saturated heterocycles. The van der Waals surface area contributed by atoms with Crippen LogP contribution >= 0.6 is 7.59 Å². The Bertz CT molecular complexity index is 470. The SMILES string of the molecule is CCN(CC)P(=O)(N(CC)CC)N1CC1c1ccccc1. The monoisotopic (exact) mass is 309 g/mol. The average molecular weight is 309 g/mol. The van der Waals surface area contributed by atoms with Crippen molar-refractivity contribution in [2.24, 2.45) is 0 Å². The highest BCUT2D eigenvalue weighted by molar-refractivity contribution is 7.56. The molecule has 1 fully saturated rings. The fourth-order valence-corrected chi connectivity index (χ4v) is 6.40. The third-order valence-corrected chi connectivity index (χ3v) is 8.02. The van der Waals surface area contributed by atoms with Crippen LogP contribution in [0.4, 0.5) is 0 Å². The van der Waals surface area contributed by atoms with E-state index in [4.69, 9.17) is 0 Å². The third kappa shape index (κ3) is 3.09. The summed E-state index contributed by atoms with van der Waals surface area (Å²) in [7, 11) is -2.62. The number of benzene rings is 1. The zero-order valence-corrected chi connectivity index (χ0v) is 14.6. The van der Waals surface area contributed by atoms with Gasteiger partial charge in [0.25, 0.3) is 7.59 Å². The Kier molecular flexibility index (Phi) is 5.61. The molecule has 118 valence electrons. The fraction of sp³-hybridized carbons (Fsp3) is 0.625. The van der Waals surface area contributed by atoms with Crippen molar-refractivity contribution in [1.29, 1.82) is 0 Å². The standard InChI is InChI=1S/C16H28N3OP/c1-5-17(6-2)21(20,18(7-3)8-4)19-14-16(19)15-12-10-9-11-13-15/h9-13,16H,5-8,14H2,1-4H3. The van der Waals surface area contributed by atoms with Crippen LogP contribution in [-0.4, -0.2) is 46.7 Å². The molecule has 0 aromatic heterocycles. The molecule has 0 radical (unpaired) electrons. The molecular weight excluding hydrogens is 281 g/mol. The summed E-state index contributed by atoms with van der Waals surface area (Å²) in [6, 6.07) is 10.7. The quantitative estimate of drug-likeness (QED) is 0.538. The Morgan fingerprint density at radius 2 is 1.48 bits per heavy atom. The van der Waals surface area contributed by atoms with E-state index in [1.165, 1.54) is 5.56 Å². The maximum absolute atomic E-state index is 13.9. The molecule has 4 nitrogen and oxygen atoms in total. The van der Waals surface area contributed by atoms with Gasteiger partial charge in [0.15, 0.2) is 0 Å². The molecule has 0 spiro atoms. The first-order valence-electron chi connectivity index (χ1n) is 8.06. The van der Waals surface area contributed by atoms with Crippen molar-refractivity contribution in [3.63, 3.8) is 0 Å². The second-order valence-electron chi connectivity index (χ2n) is 5.34. The predicted molar refractivity (Wildman–Crippen MR) is 89.3 cm³/mol. The average Bonchev–Trinajstić information content (AvgIpc) is 3.31. The van der Waals surface area contributed by atoms with Crippen LogP contribution < -0.4 is 0 Å². The Morgan fingerprint density at radius 1 is 1.00 bits per heavy atom. The van der Waals surface area contributed by atoms with Gasteiger partial charge in [-0.15, -0.1) is 0 Å². The number of nitrogens with zero attached hydrogens (tertiary/aromatic N) is 3. The smallest absolute Gasteiger partial charge is 0.270 e. The molecule has 1 aliphatic rings. The molecule has 2 atom stereocenters. The topological polar surface area (TPSA) is 26.6 Å². The summed E-state index contributed by atoms with van der Waals surface area (Å²) < 4.78 is 20.3. The lowest BCUT2D eigenvalue weighted by atomic mass is 10.2. The molecule has 0 aliphatic carbocycles. The Balaban J connectivity index is 2.28. The van der Waals surface area contributed by atoms with E-state index in [0.29, 0.717) is 6.04 Å². The van der Waals surface area contributed by atoms with Gasteiger partial charge in [-0.1, -0.05) is 58.0 Å². The molecule has 2 rings (SSSR count). The molecule has 0 saturated carbocycles. The summed E-state index contributed by atoms with van der Waals surface area (Å²) in [5.41, 5.74) is 1.28. The molecule has 21 heavy (non-hydrogen) atoms. The van der Waals surface area contributed by atoms with Gasteiger partial charge in [0.05, 0.1) is 6.04 Å². The van der Waals surface area contributed by atoms with Crippen LogP contribution in [0.5, 0.6) is 0 Å². The zero-order chi connectivity index (χ0) is 15.5. The van der Waals surface area contributed by atoms with Gasteiger partial charge >= 0.3 is 0 Å². The number of hydrogen-bond acceptors (Lipinski definition) is 1. The van der Waals surface area contributed by atoms with Crippen LogP contribution in [-0.2, 0) is 4.57 Å². The number of hydrogen-bond donors (Lipinski definition) is 0. The van der Waals surface area contributed by atoms with Crippen LogP contribution in [0.1, 0.15) is 39.3 Å². The minimum absolute atomic E-state index is 0.304. The van der Waals surface area contributed by atoms with Crippen LogP contribution in [0.3, 0.4) is 0 Å². The van der Waals surface area contributed by atoms with E-state index in [0.717, 1.165) is 32.7 Å². The molecule has 2 unspecified atom stereocenters. The normalized spacial score (nSPS) is 22.0.